The summed E-state index contributed by atoms with van der Waals surface area (Å²) in [5, 5.41) is 0. The van der Waals surface area contributed by atoms with Crippen LogP contribution in [0.25, 0.3) is 0 Å². The maximum Gasteiger partial charge on any atom is 0.236 e. The van der Waals surface area contributed by atoms with Crippen LogP contribution >= 0.6 is 0 Å². The molecule has 176 valence electrons. The van der Waals surface area contributed by atoms with Crippen LogP contribution in [0.5, 0.6) is 0 Å². The molecule has 0 atom stereocenters. The van der Waals surface area contributed by atoms with Crippen LogP contribution in [0.4, 0.5) is 5.69 Å². The second-order valence-corrected chi connectivity index (χ2v) is 7.76. The Labute approximate surface area is 189 Å². The minimum absolute atomic E-state index is 0.0850. The van der Waals surface area contributed by atoms with Gasteiger partial charge in [-0.15, -0.1) is 0 Å². The lowest BCUT2D eigenvalue weighted by atomic mass is 10.1. The Bertz CT molecular complexity index is 793. The van der Waals surface area contributed by atoms with Gasteiger partial charge in [0.05, 0.1) is 13.0 Å². The van der Waals surface area contributed by atoms with Gasteiger partial charge < -0.3 is 19.4 Å². The predicted molar refractivity (Wildman–Crippen MR) is 120 cm³/mol. The van der Waals surface area contributed by atoms with Gasteiger partial charge in [-0.1, -0.05) is 12.1 Å². The fraction of sp³-hybridized carbons (Fsp3) is 0.522. The molecule has 0 spiro atoms. The summed E-state index contributed by atoms with van der Waals surface area (Å²) < 4.78 is 5.46. The first-order valence-electron chi connectivity index (χ1n) is 10.5. The topological polar surface area (TPSA) is 104 Å². The van der Waals surface area contributed by atoms with Crippen LogP contribution in [0.2, 0.25) is 0 Å². The predicted octanol–water partition coefficient (Wildman–Crippen LogP) is 1.08. The molecule has 0 N–H and O–H groups in total. The lowest BCUT2D eigenvalue weighted by molar-refractivity contribution is -0.135. The normalized spacial score (nSPS) is 10.4. The molecule has 0 unspecified atom stereocenters. The van der Waals surface area contributed by atoms with Crippen LogP contribution in [0.1, 0.15) is 31.7 Å². The molecule has 1 rings (SSSR count). The first kappa shape index (κ1) is 27.0. The zero-order chi connectivity index (χ0) is 24.1. The van der Waals surface area contributed by atoms with Crippen LogP contribution in [-0.2, 0) is 35.1 Å². The number of hydrogen-bond donors (Lipinski definition) is 0. The Kier molecular flexibility index (Phi) is 11.9. The van der Waals surface area contributed by atoms with E-state index in [-0.39, 0.29) is 42.6 Å². The molecule has 32 heavy (non-hydrogen) atoms. The molecule has 1 aromatic rings. The molecule has 0 aliphatic rings. The number of carbonyl (C=O) groups excluding carboxylic acids is 5. The number of rotatable bonds is 15. The number of nitrogens with zero attached hydrogens (tertiary/aromatic N) is 3. The molecule has 0 saturated heterocycles. The van der Waals surface area contributed by atoms with Crippen molar-refractivity contribution < 1.29 is 28.7 Å². The molecule has 9 heteroatoms. The van der Waals surface area contributed by atoms with E-state index in [1.165, 1.54) is 21.6 Å². The summed E-state index contributed by atoms with van der Waals surface area (Å²) in [6.07, 6.45) is 1.28. The fourth-order valence-electron chi connectivity index (χ4n) is 2.83. The van der Waals surface area contributed by atoms with Gasteiger partial charge in [0.15, 0.2) is 0 Å². The Hall–Kier alpha value is -3.07. The fourth-order valence-corrected chi connectivity index (χ4v) is 2.83. The maximum absolute atomic E-state index is 12.5. The zero-order valence-electron chi connectivity index (χ0n) is 19.3. The van der Waals surface area contributed by atoms with E-state index in [1.54, 1.807) is 45.4 Å². The number of anilines is 1. The lowest BCUT2D eigenvalue weighted by Gasteiger charge is -2.21. The third-order valence-corrected chi connectivity index (χ3v) is 4.82. The number of likely N-dealkylation sites (N-methyl/N-ethyl adjacent to an activating group) is 1. The lowest BCUT2D eigenvalue weighted by Crippen LogP contribution is -2.36. The van der Waals surface area contributed by atoms with Crippen molar-refractivity contribution in [2.24, 2.45) is 0 Å². The average molecular weight is 448 g/mol. The maximum atomic E-state index is 12.5. The van der Waals surface area contributed by atoms with Crippen LogP contribution in [0.15, 0.2) is 24.3 Å². The highest BCUT2D eigenvalue weighted by molar-refractivity contribution is 6.04. The first-order valence-corrected chi connectivity index (χ1v) is 10.5. The van der Waals surface area contributed by atoms with E-state index < -0.39 is 0 Å². The van der Waals surface area contributed by atoms with Crippen LogP contribution in [0, 0.1) is 0 Å². The molecule has 0 saturated carbocycles. The second kappa shape index (κ2) is 14.1. The Morgan fingerprint density at radius 3 is 2.16 bits per heavy atom. The molecular formula is C23H33N3O6. The van der Waals surface area contributed by atoms with Crippen LogP contribution in [0.3, 0.4) is 0 Å². The number of hydrogen-bond acceptors (Lipinski definition) is 6. The van der Waals surface area contributed by atoms with Gasteiger partial charge >= 0.3 is 0 Å². The van der Waals surface area contributed by atoms with Gasteiger partial charge in [-0.2, -0.15) is 0 Å². The number of ether oxygens (including phenoxy) is 1. The SMILES string of the molecule is CC(=O)CC(=O)Cc1ccc(N(C)C(=O)CC(=O)N(C)CCOCCCN(C)C=O)cc1. The van der Waals surface area contributed by atoms with Crippen LogP contribution < -0.4 is 4.90 Å². The number of ketones is 2. The van der Waals surface area contributed by atoms with Gasteiger partial charge in [-0.3, -0.25) is 24.0 Å². The van der Waals surface area contributed by atoms with Gasteiger partial charge in [0.1, 0.15) is 18.0 Å². The van der Waals surface area contributed by atoms with Crippen molar-refractivity contribution >= 4 is 35.5 Å². The number of Topliss-reactive ketones (excluding diaryl/α,β-unsaturated/α-hetero) is 2. The van der Waals surface area contributed by atoms with E-state index in [2.05, 4.69) is 0 Å². The van der Waals surface area contributed by atoms with Crippen molar-refractivity contribution in [1.82, 2.24) is 9.80 Å². The molecule has 0 bridgehead atoms. The summed E-state index contributed by atoms with van der Waals surface area (Å²) in [7, 11) is 4.90. The Morgan fingerprint density at radius 1 is 0.906 bits per heavy atom. The summed E-state index contributed by atoms with van der Waals surface area (Å²) >= 11 is 0. The van der Waals surface area contributed by atoms with Crippen molar-refractivity contribution in [3.05, 3.63) is 29.8 Å². The molecule has 0 aromatic heterocycles. The minimum Gasteiger partial charge on any atom is -0.380 e. The third-order valence-electron chi connectivity index (χ3n) is 4.82. The molecule has 0 radical (unpaired) electrons. The van der Waals surface area contributed by atoms with Crippen molar-refractivity contribution in [1.29, 1.82) is 0 Å². The molecule has 9 nitrogen and oxygen atoms in total. The molecular weight excluding hydrogens is 414 g/mol. The highest BCUT2D eigenvalue weighted by Gasteiger charge is 2.18. The van der Waals surface area contributed by atoms with E-state index in [0.717, 1.165) is 12.0 Å². The second-order valence-electron chi connectivity index (χ2n) is 7.76. The minimum atomic E-state index is -0.347. The smallest absolute Gasteiger partial charge is 0.236 e. The summed E-state index contributed by atoms with van der Waals surface area (Å²) in [5.41, 5.74) is 1.37. The molecule has 1 aromatic carbocycles. The highest BCUT2D eigenvalue weighted by Crippen LogP contribution is 2.16. The van der Waals surface area contributed by atoms with Crippen molar-refractivity contribution in [2.75, 3.05) is 52.3 Å². The number of benzene rings is 1. The Balaban J connectivity index is 2.41. The standard InChI is InChI=1S/C23H33N3O6/c1-18(28)14-21(29)15-19-6-8-20(9-7-19)26(4)23(31)16-22(30)25(3)11-13-32-12-5-10-24(2)17-27/h6-9,17H,5,10-16H2,1-4H3. The van der Waals surface area contributed by atoms with Gasteiger partial charge in [-0.25, -0.2) is 0 Å². The van der Waals surface area contributed by atoms with Crippen molar-refractivity contribution in [3.63, 3.8) is 0 Å². The van der Waals surface area contributed by atoms with Gasteiger partial charge in [0.25, 0.3) is 0 Å². The average Bonchev–Trinajstić information content (AvgIpc) is 2.74. The number of carbonyl (C=O) groups is 5. The highest BCUT2D eigenvalue weighted by atomic mass is 16.5. The summed E-state index contributed by atoms with van der Waals surface area (Å²) in [4.78, 5) is 62.4. The van der Waals surface area contributed by atoms with E-state index in [1.807, 2.05) is 0 Å². The van der Waals surface area contributed by atoms with E-state index in [4.69, 9.17) is 4.74 Å². The monoisotopic (exact) mass is 447 g/mol. The van der Waals surface area contributed by atoms with Gasteiger partial charge in [0, 0.05) is 52.9 Å². The van der Waals surface area contributed by atoms with Gasteiger partial charge in [-0.05, 0) is 31.0 Å². The molecule has 0 heterocycles. The van der Waals surface area contributed by atoms with Crippen molar-refractivity contribution in [3.8, 4) is 0 Å². The van der Waals surface area contributed by atoms with Gasteiger partial charge in [0.2, 0.25) is 18.2 Å². The molecule has 0 aliphatic carbocycles. The molecule has 0 aliphatic heterocycles. The first-order chi connectivity index (χ1) is 15.1. The Morgan fingerprint density at radius 2 is 1.56 bits per heavy atom. The van der Waals surface area contributed by atoms with Crippen LogP contribution in [-0.4, -0.2) is 87.0 Å². The summed E-state index contributed by atoms with van der Waals surface area (Å²) in [5.74, 6) is -0.973. The van der Waals surface area contributed by atoms with Crippen molar-refractivity contribution in [2.45, 2.75) is 32.6 Å². The molecule has 3 amide bonds. The largest absolute Gasteiger partial charge is 0.380 e. The van der Waals surface area contributed by atoms with E-state index in [9.17, 15) is 24.0 Å². The summed E-state index contributed by atoms with van der Waals surface area (Å²) in [6.45, 7) is 3.18. The van der Waals surface area contributed by atoms with E-state index in [0.29, 0.717) is 38.4 Å². The summed E-state index contributed by atoms with van der Waals surface area (Å²) in [6, 6.07) is 6.88. The number of amides is 3. The third kappa shape index (κ3) is 10.3. The zero-order valence-corrected chi connectivity index (χ0v) is 19.3. The van der Waals surface area contributed by atoms with E-state index >= 15 is 0 Å². The quantitative estimate of drug-likeness (QED) is 0.226. The molecule has 0 fully saturated rings.